The molecule has 0 aliphatic rings. The van der Waals surface area contributed by atoms with Gasteiger partial charge in [0.1, 0.15) is 22.6 Å². The summed E-state index contributed by atoms with van der Waals surface area (Å²) in [5, 5.41) is 13.5. The Morgan fingerprint density at radius 1 is 1.17 bits per heavy atom. The van der Waals surface area contributed by atoms with E-state index in [4.69, 9.17) is 16.3 Å². The highest BCUT2D eigenvalue weighted by molar-refractivity contribution is 7.17. The zero-order chi connectivity index (χ0) is 21.2. The SMILES string of the molecule is Cc1sc(NC(=O)C(C)(C)Oc2ccc(Cl)cc2)c(C#N)c1-c1ccc(F)cc1. The number of thiophene rings is 1. The maximum atomic E-state index is 13.3. The van der Waals surface area contributed by atoms with Crippen LogP contribution in [0.1, 0.15) is 24.3 Å². The Hall–Kier alpha value is -2.88. The molecular formula is C22H18ClFN2O2S. The van der Waals surface area contributed by atoms with Crippen LogP contribution >= 0.6 is 22.9 Å². The van der Waals surface area contributed by atoms with Crippen molar-refractivity contribution in [3.63, 3.8) is 0 Å². The third kappa shape index (κ3) is 4.58. The highest BCUT2D eigenvalue weighted by Crippen LogP contribution is 2.39. The van der Waals surface area contributed by atoms with Gasteiger partial charge in [-0.15, -0.1) is 11.3 Å². The van der Waals surface area contributed by atoms with Crippen molar-refractivity contribution >= 4 is 33.8 Å². The number of hydrogen-bond acceptors (Lipinski definition) is 4. The minimum Gasteiger partial charge on any atom is -0.478 e. The standard InChI is InChI=1S/C22H18ClFN2O2S/c1-13-19(14-4-8-16(24)9-5-14)18(12-25)20(29-13)26-21(27)22(2,3)28-17-10-6-15(23)7-11-17/h4-11H,1-3H3,(H,26,27). The number of carbonyl (C=O) groups excluding carboxylic acids is 1. The van der Waals surface area contributed by atoms with Crippen molar-refractivity contribution in [2.24, 2.45) is 0 Å². The number of anilines is 1. The molecule has 0 unspecified atom stereocenters. The van der Waals surface area contributed by atoms with Gasteiger partial charge in [0.15, 0.2) is 5.60 Å². The molecule has 0 saturated carbocycles. The molecule has 29 heavy (non-hydrogen) atoms. The van der Waals surface area contributed by atoms with Gasteiger partial charge in [-0.05, 0) is 62.7 Å². The van der Waals surface area contributed by atoms with E-state index in [2.05, 4.69) is 11.4 Å². The first kappa shape index (κ1) is 20.8. The normalized spacial score (nSPS) is 11.0. The van der Waals surface area contributed by atoms with Crippen LogP contribution in [0.15, 0.2) is 48.5 Å². The van der Waals surface area contributed by atoms with Crippen LogP contribution in [0, 0.1) is 24.1 Å². The van der Waals surface area contributed by atoms with E-state index in [9.17, 15) is 14.4 Å². The number of carbonyl (C=O) groups is 1. The molecule has 1 amide bonds. The lowest BCUT2D eigenvalue weighted by Crippen LogP contribution is -2.42. The van der Waals surface area contributed by atoms with Crippen molar-refractivity contribution in [2.45, 2.75) is 26.4 Å². The highest BCUT2D eigenvalue weighted by Gasteiger charge is 2.32. The number of rotatable bonds is 5. The lowest BCUT2D eigenvalue weighted by Gasteiger charge is -2.25. The Balaban J connectivity index is 1.86. The van der Waals surface area contributed by atoms with Crippen LogP contribution < -0.4 is 10.1 Å². The fraction of sp³-hybridized carbons (Fsp3) is 0.182. The molecule has 1 aromatic heterocycles. The van der Waals surface area contributed by atoms with Gasteiger partial charge in [0.25, 0.3) is 5.91 Å². The zero-order valence-electron chi connectivity index (χ0n) is 16.0. The molecule has 2 aromatic carbocycles. The van der Waals surface area contributed by atoms with Crippen LogP contribution in [0.2, 0.25) is 5.02 Å². The van der Waals surface area contributed by atoms with Gasteiger partial charge in [-0.3, -0.25) is 4.79 Å². The topological polar surface area (TPSA) is 62.1 Å². The van der Waals surface area contributed by atoms with Crippen LogP contribution in [-0.2, 0) is 4.79 Å². The largest absolute Gasteiger partial charge is 0.478 e. The lowest BCUT2D eigenvalue weighted by atomic mass is 10.0. The van der Waals surface area contributed by atoms with E-state index in [0.717, 1.165) is 4.88 Å². The third-order valence-electron chi connectivity index (χ3n) is 4.29. The van der Waals surface area contributed by atoms with E-state index >= 15 is 0 Å². The Labute approximate surface area is 177 Å². The fourth-order valence-electron chi connectivity index (χ4n) is 2.80. The molecule has 0 bridgehead atoms. The number of nitrogens with one attached hydrogen (secondary N) is 1. The molecule has 4 nitrogen and oxygen atoms in total. The summed E-state index contributed by atoms with van der Waals surface area (Å²) >= 11 is 7.17. The molecule has 0 saturated heterocycles. The summed E-state index contributed by atoms with van der Waals surface area (Å²) in [6.45, 7) is 5.14. The van der Waals surface area contributed by atoms with Gasteiger partial charge in [-0.25, -0.2) is 4.39 Å². The number of nitrogens with zero attached hydrogens (tertiary/aromatic N) is 1. The van der Waals surface area contributed by atoms with Gasteiger partial charge in [-0.2, -0.15) is 5.26 Å². The van der Waals surface area contributed by atoms with Crippen molar-refractivity contribution in [3.05, 3.63) is 69.8 Å². The Morgan fingerprint density at radius 3 is 2.38 bits per heavy atom. The van der Waals surface area contributed by atoms with Crippen LogP contribution in [0.25, 0.3) is 11.1 Å². The Bertz CT molecular complexity index is 1080. The van der Waals surface area contributed by atoms with Gasteiger partial charge in [-0.1, -0.05) is 23.7 Å². The number of aryl methyl sites for hydroxylation is 1. The molecule has 7 heteroatoms. The Morgan fingerprint density at radius 2 is 1.79 bits per heavy atom. The lowest BCUT2D eigenvalue weighted by molar-refractivity contribution is -0.128. The average molecular weight is 429 g/mol. The predicted octanol–water partition coefficient (Wildman–Crippen LogP) is 6.18. The molecule has 0 aliphatic carbocycles. The second kappa shape index (κ2) is 8.24. The van der Waals surface area contributed by atoms with E-state index in [1.807, 2.05) is 6.92 Å². The first-order valence-corrected chi connectivity index (χ1v) is 9.96. The quantitative estimate of drug-likeness (QED) is 0.527. The summed E-state index contributed by atoms with van der Waals surface area (Å²) in [5.74, 6) is -0.241. The van der Waals surface area contributed by atoms with Gasteiger partial charge < -0.3 is 10.1 Å². The highest BCUT2D eigenvalue weighted by atomic mass is 35.5. The van der Waals surface area contributed by atoms with Crippen LogP contribution in [0.5, 0.6) is 5.75 Å². The smallest absolute Gasteiger partial charge is 0.268 e. The molecule has 1 N–H and O–H groups in total. The molecule has 0 radical (unpaired) electrons. The number of amides is 1. The summed E-state index contributed by atoms with van der Waals surface area (Å²) < 4.78 is 19.1. The number of hydrogen-bond donors (Lipinski definition) is 1. The predicted molar refractivity (Wildman–Crippen MR) is 114 cm³/mol. The molecule has 3 aromatic rings. The molecule has 148 valence electrons. The van der Waals surface area contributed by atoms with E-state index in [-0.39, 0.29) is 5.82 Å². The van der Waals surface area contributed by atoms with Crippen molar-refractivity contribution in [2.75, 3.05) is 5.32 Å². The summed E-state index contributed by atoms with van der Waals surface area (Å²) in [4.78, 5) is 13.7. The first-order valence-electron chi connectivity index (χ1n) is 8.76. The molecule has 0 atom stereocenters. The Kier molecular flexibility index (Phi) is 5.92. The van der Waals surface area contributed by atoms with Crippen molar-refractivity contribution in [3.8, 4) is 22.9 Å². The second-order valence-corrected chi connectivity index (χ2v) is 8.54. The van der Waals surface area contributed by atoms with Crippen LogP contribution in [-0.4, -0.2) is 11.5 Å². The van der Waals surface area contributed by atoms with Gasteiger partial charge >= 0.3 is 0 Å². The number of nitriles is 1. The van der Waals surface area contributed by atoms with E-state index in [1.54, 1.807) is 50.2 Å². The number of ether oxygens (including phenoxy) is 1. The summed E-state index contributed by atoms with van der Waals surface area (Å²) in [6, 6.07) is 14.8. The van der Waals surface area contributed by atoms with Crippen molar-refractivity contribution in [1.82, 2.24) is 0 Å². The van der Waals surface area contributed by atoms with Gasteiger partial charge in [0.2, 0.25) is 0 Å². The first-order chi connectivity index (χ1) is 13.7. The molecular weight excluding hydrogens is 411 g/mol. The summed E-state index contributed by atoms with van der Waals surface area (Å²) in [5.41, 5.74) is 0.557. The maximum absolute atomic E-state index is 13.3. The molecule has 0 aliphatic heterocycles. The average Bonchev–Trinajstić information content (AvgIpc) is 2.99. The summed E-state index contributed by atoms with van der Waals surface area (Å²) in [6.07, 6.45) is 0. The van der Waals surface area contributed by atoms with Gasteiger partial charge in [0, 0.05) is 15.5 Å². The van der Waals surface area contributed by atoms with E-state index < -0.39 is 11.5 Å². The van der Waals surface area contributed by atoms with Crippen molar-refractivity contribution in [1.29, 1.82) is 5.26 Å². The van der Waals surface area contributed by atoms with E-state index in [1.165, 1.54) is 23.5 Å². The minimum atomic E-state index is -1.19. The number of halogens is 2. The van der Waals surface area contributed by atoms with Gasteiger partial charge in [0.05, 0.1) is 5.56 Å². The monoisotopic (exact) mass is 428 g/mol. The molecule has 3 rings (SSSR count). The second-order valence-electron chi connectivity index (χ2n) is 6.88. The molecule has 0 spiro atoms. The van der Waals surface area contributed by atoms with Crippen molar-refractivity contribution < 1.29 is 13.9 Å². The third-order valence-corrected chi connectivity index (χ3v) is 5.56. The molecule has 0 fully saturated rings. The maximum Gasteiger partial charge on any atom is 0.268 e. The number of benzene rings is 2. The molecule has 1 heterocycles. The van der Waals surface area contributed by atoms with Crippen LogP contribution in [0.3, 0.4) is 0 Å². The minimum absolute atomic E-state index is 0.342. The fourth-order valence-corrected chi connectivity index (χ4v) is 3.95. The zero-order valence-corrected chi connectivity index (χ0v) is 17.6. The van der Waals surface area contributed by atoms with Crippen LogP contribution in [0.4, 0.5) is 9.39 Å². The van der Waals surface area contributed by atoms with E-state index in [0.29, 0.717) is 32.5 Å². The summed E-state index contributed by atoms with van der Waals surface area (Å²) in [7, 11) is 0.